The molecule has 0 saturated carbocycles. The van der Waals surface area contributed by atoms with Gasteiger partial charge in [-0.15, -0.1) is 0 Å². The molecule has 2 aromatic rings. The molecule has 2 N–H and O–H groups in total. The average Bonchev–Trinajstić information content (AvgIpc) is 3.29. The minimum atomic E-state index is -3.72. The Morgan fingerprint density at radius 3 is 2.92 bits per heavy atom. The molecular weight excluding hydrogens is 360 g/mol. The number of ether oxygens (including phenoxy) is 1. The molecule has 140 valence electrons. The first-order valence-electron chi connectivity index (χ1n) is 8.23. The molecular formula is C16H20N4O5S. The third-order valence-corrected chi connectivity index (χ3v) is 5.33. The molecule has 0 unspecified atom stereocenters. The molecule has 0 spiro atoms. The van der Waals surface area contributed by atoms with Crippen molar-refractivity contribution < 1.29 is 22.5 Å². The Hall–Kier alpha value is -2.30. The second-order valence-electron chi connectivity index (χ2n) is 5.93. The fraction of sp³-hybridized carbons (Fsp3) is 0.438. The van der Waals surface area contributed by atoms with Crippen LogP contribution in [0.2, 0.25) is 0 Å². The molecule has 1 aromatic heterocycles. The number of nitrogens with zero attached hydrogens (tertiary/aromatic N) is 2. The van der Waals surface area contributed by atoms with Gasteiger partial charge in [0.1, 0.15) is 0 Å². The maximum absolute atomic E-state index is 12.4. The first-order valence-corrected chi connectivity index (χ1v) is 9.71. The van der Waals surface area contributed by atoms with E-state index >= 15 is 0 Å². The molecule has 9 nitrogen and oxygen atoms in total. The number of amides is 1. The zero-order valence-electron chi connectivity index (χ0n) is 14.3. The van der Waals surface area contributed by atoms with Gasteiger partial charge in [0.15, 0.2) is 5.82 Å². The van der Waals surface area contributed by atoms with Crippen LogP contribution in [0, 0.1) is 6.92 Å². The highest BCUT2D eigenvalue weighted by atomic mass is 32.2. The van der Waals surface area contributed by atoms with E-state index in [9.17, 15) is 13.2 Å². The van der Waals surface area contributed by atoms with Gasteiger partial charge >= 0.3 is 0 Å². The molecule has 1 aromatic carbocycles. The lowest BCUT2D eigenvalue weighted by Gasteiger charge is -2.12. The van der Waals surface area contributed by atoms with Crippen molar-refractivity contribution >= 4 is 15.9 Å². The van der Waals surface area contributed by atoms with E-state index < -0.39 is 15.9 Å². The minimum absolute atomic E-state index is 0.0264. The lowest BCUT2D eigenvalue weighted by Crippen LogP contribution is -2.32. The molecule has 1 aliphatic heterocycles. The molecule has 0 bridgehead atoms. The monoisotopic (exact) mass is 380 g/mol. The van der Waals surface area contributed by atoms with E-state index in [1.807, 2.05) is 0 Å². The van der Waals surface area contributed by atoms with Crippen LogP contribution in [0.4, 0.5) is 0 Å². The van der Waals surface area contributed by atoms with Gasteiger partial charge in [-0.3, -0.25) is 4.79 Å². The van der Waals surface area contributed by atoms with Crippen LogP contribution in [-0.4, -0.2) is 43.7 Å². The van der Waals surface area contributed by atoms with E-state index in [4.69, 9.17) is 9.26 Å². The van der Waals surface area contributed by atoms with Gasteiger partial charge in [-0.25, -0.2) is 13.1 Å². The van der Waals surface area contributed by atoms with Gasteiger partial charge in [-0.1, -0.05) is 11.2 Å². The van der Waals surface area contributed by atoms with Crippen LogP contribution in [0.1, 0.15) is 34.9 Å². The number of sulfonamides is 1. The van der Waals surface area contributed by atoms with Crippen molar-refractivity contribution in [1.29, 1.82) is 0 Å². The Labute approximate surface area is 151 Å². The molecule has 10 heteroatoms. The molecule has 2 heterocycles. The molecule has 1 saturated heterocycles. The second kappa shape index (κ2) is 7.94. The fourth-order valence-corrected chi connectivity index (χ4v) is 3.68. The standard InChI is InChI=1S/C16H20N4O5S/c1-11-19-15(20-25-11)10-17-16(21)12-4-2-6-14(8-12)26(22,23)18-9-13-5-3-7-24-13/h2,4,6,8,13,18H,3,5,7,9-10H2,1H3,(H,17,21)/t13-/m1/s1. The SMILES string of the molecule is Cc1nc(CNC(=O)c2cccc(S(=O)(=O)NC[C@H]3CCCO3)c2)no1. The van der Waals surface area contributed by atoms with Gasteiger partial charge < -0.3 is 14.6 Å². The van der Waals surface area contributed by atoms with E-state index in [0.29, 0.717) is 18.3 Å². The Kier molecular flexibility index (Phi) is 5.64. The van der Waals surface area contributed by atoms with Crippen molar-refractivity contribution in [2.75, 3.05) is 13.2 Å². The number of aromatic nitrogens is 2. The number of hydrogen-bond acceptors (Lipinski definition) is 7. The van der Waals surface area contributed by atoms with Gasteiger partial charge in [-0.2, -0.15) is 4.98 Å². The highest BCUT2D eigenvalue weighted by molar-refractivity contribution is 7.89. The fourth-order valence-electron chi connectivity index (χ4n) is 2.57. The highest BCUT2D eigenvalue weighted by Gasteiger charge is 2.21. The first kappa shape index (κ1) is 18.5. The van der Waals surface area contributed by atoms with Crippen molar-refractivity contribution in [3.8, 4) is 0 Å². The van der Waals surface area contributed by atoms with Crippen molar-refractivity contribution in [2.45, 2.75) is 37.3 Å². The predicted molar refractivity (Wildman–Crippen MR) is 90.8 cm³/mol. The van der Waals surface area contributed by atoms with Crippen LogP contribution >= 0.6 is 0 Å². The highest BCUT2D eigenvalue weighted by Crippen LogP contribution is 2.14. The molecule has 1 aliphatic rings. The minimum Gasteiger partial charge on any atom is -0.377 e. The van der Waals surface area contributed by atoms with E-state index in [2.05, 4.69) is 20.2 Å². The normalized spacial score (nSPS) is 17.3. The average molecular weight is 380 g/mol. The van der Waals surface area contributed by atoms with Crippen LogP contribution in [0.5, 0.6) is 0 Å². The number of rotatable bonds is 7. The summed E-state index contributed by atoms with van der Waals surface area (Å²) < 4.78 is 37.6. The van der Waals surface area contributed by atoms with Gasteiger partial charge in [0.25, 0.3) is 5.91 Å². The Morgan fingerprint density at radius 2 is 2.23 bits per heavy atom. The summed E-state index contributed by atoms with van der Waals surface area (Å²) in [6, 6.07) is 5.83. The maximum atomic E-state index is 12.4. The van der Waals surface area contributed by atoms with Gasteiger partial charge in [0.2, 0.25) is 15.9 Å². The van der Waals surface area contributed by atoms with Crippen molar-refractivity contribution in [3.63, 3.8) is 0 Å². The molecule has 1 atom stereocenters. The topological polar surface area (TPSA) is 123 Å². The lowest BCUT2D eigenvalue weighted by molar-refractivity contribution is 0.0949. The van der Waals surface area contributed by atoms with Crippen molar-refractivity contribution in [1.82, 2.24) is 20.2 Å². The Bertz CT molecular complexity index is 874. The lowest BCUT2D eigenvalue weighted by atomic mass is 10.2. The van der Waals surface area contributed by atoms with E-state index in [-0.39, 0.29) is 29.7 Å². The quantitative estimate of drug-likeness (QED) is 0.727. The predicted octanol–water partition coefficient (Wildman–Crippen LogP) is 0.765. The summed E-state index contributed by atoms with van der Waals surface area (Å²) >= 11 is 0. The van der Waals surface area contributed by atoms with E-state index in [1.165, 1.54) is 24.3 Å². The Balaban J connectivity index is 1.63. The van der Waals surface area contributed by atoms with Crippen molar-refractivity contribution in [3.05, 3.63) is 41.5 Å². The van der Waals surface area contributed by atoms with Gasteiger partial charge in [-0.05, 0) is 31.0 Å². The van der Waals surface area contributed by atoms with Crippen LogP contribution in [0.3, 0.4) is 0 Å². The third-order valence-electron chi connectivity index (χ3n) is 3.91. The number of carbonyl (C=O) groups is 1. The van der Waals surface area contributed by atoms with Crippen LogP contribution in [-0.2, 0) is 21.3 Å². The number of benzene rings is 1. The summed E-state index contributed by atoms with van der Waals surface area (Å²) in [5.41, 5.74) is 0.227. The van der Waals surface area contributed by atoms with Crippen LogP contribution < -0.4 is 10.0 Å². The van der Waals surface area contributed by atoms with E-state index in [0.717, 1.165) is 12.8 Å². The van der Waals surface area contributed by atoms with E-state index in [1.54, 1.807) is 6.92 Å². The summed E-state index contributed by atoms with van der Waals surface area (Å²) in [5, 5.41) is 6.31. The van der Waals surface area contributed by atoms with Gasteiger partial charge in [0.05, 0.1) is 17.5 Å². The number of carbonyl (C=O) groups excluding carboxylic acids is 1. The van der Waals surface area contributed by atoms with Crippen LogP contribution in [0.25, 0.3) is 0 Å². The van der Waals surface area contributed by atoms with Gasteiger partial charge in [0, 0.05) is 25.6 Å². The molecule has 1 amide bonds. The molecule has 3 rings (SSSR count). The zero-order valence-corrected chi connectivity index (χ0v) is 15.1. The summed E-state index contributed by atoms with van der Waals surface area (Å²) in [5.74, 6) is 0.321. The molecule has 1 fully saturated rings. The van der Waals surface area contributed by atoms with Crippen molar-refractivity contribution in [2.24, 2.45) is 0 Å². The smallest absolute Gasteiger partial charge is 0.251 e. The van der Waals surface area contributed by atoms with Crippen LogP contribution in [0.15, 0.2) is 33.7 Å². The number of nitrogens with one attached hydrogen (secondary N) is 2. The number of hydrogen-bond donors (Lipinski definition) is 2. The summed E-state index contributed by atoms with van der Waals surface area (Å²) in [7, 11) is -3.72. The molecule has 0 radical (unpaired) electrons. The first-order chi connectivity index (χ1) is 12.4. The summed E-state index contributed by atoms with van der Waals surface area (Å²) in [6.07, 6.45) is 1.66. The second-order valence-corrected chi connectivity index (χ2v) is 7.69. The summed E-state index contributed by atoms with van der Waals surface area (Å²) in [6.45, 7) is 2.61. The maximum Gasteiger partial charge on any atom is 0.251 e. The third kappa shape index (κ3) is 4.65. The molecule has 0 aliphatic carbocycles. The Morgan fingerprint density at radius 1 is 1.38 bits per heavy atom. The summed E-state index contributed by atoms with van der Waals surface area (Å²) in [4.78, 5) is 16.2. The zero-order chi connectivity index (χ0) is 18.6. The molecule has 26 heavy (non-hydrogen) atoms. The number of aryl methyl sites for hydroxylation is 1. The largest absolute Gasteiger partial charge is 0.377 e.